The van der Waals surface area contributed by atoms with Crippen molar-refractivity contribution in [3.63, 3.8) is 0 Å². The fourth-order valence-electron chi connectivity index (χ4n) is 8.14. The van der Waals surface area contributed by atoms with Crippen LogP contribution in [0.5, 0.6) is 17.2 Å². The van der Waals surface area contributed by atoms with Crippen LogP contribution in [0.25, 0.3) is 21.2 Å². The molecule has 0 saturated carbocycles. The number of nitrogens with one attached hydrogen (secondary N) is 2. The minimum Gasteiger partial charge on any atom is -0.496 e. The number of pyridine rings is 1. The van der Waals surface area contributed by atoms with Crippen molar-refractivity contribution in [2.45, 2.75) is 63.6 Å². The van der Waals surface area contributed by atoms with Gasteiger partial charge in [-0.25, -0.2) is 0 Å². The molecule has 2 N–H and O–H groups in total. The molecule has 2 aromatic carbocycles. The molecule has 3 aliphatic rings. The molecule has 0 spiro atoms. The Hall–Kier alpha value is -5.58. The molecule has 4 aromatic rings. The summed E-state index contributed by atoms with van der Waals surface area (Å²) in [6.07, 6.45) is 6.17. The maximum Gasteiger partial charge on any atom is 0.266 e. The number of hydrogen-bond acceptors (Lipinski definition) is 12. The summed E-state index contributed by atoms with van der Waals surface area (Å²) in [4.78, 5) is 83.2. The average molecular weight is 827 g/mol. The minimum absolute atomic E-state index is 0.0190. The van der Waals surface area contributed by atoms with E-state index >= 15 is 0 Å². The third kappa shape index (κ3) is 8.61. The summed E-state index contributed by atoms with van der Waals surface area (Å²) in [5, 5.41) is 5.92. The third-order valence-electron chi connectivity index (χ3n) is 11.2. The number of carbonyl (C=O) groups is 5. The number of imide groups is 2. The summed E-state index contributed by atoms with van der Waals surface area (Å²) in [5.74, 6) is -0.733. The molecule has 0 radical (unpaired) electrons. The standard InChI is InChI=1S/C43H50N6O9S/c1-46(2)23-30-33(56-4)20-25(21-34(30)57-5)29-24-47(3)41(53)28-22-35(59-38(28)29)40(52)44-26-14-17-48(18-15-26)16-7-6-8-19-58-32-11-9-10-27-37(32)43(55)49(42(27)54)31-12-13-36(50)45-39(31)51/h9-11,20-22,24,26,31H,6-8,12-19,23H2,1-5H3,(H,44,52)(H,45,50,51). The highest BCUT2D eigenvalue weighted by Crippen LogP contribution is 2.40. The second-order valence-corrected chi connectivity index (χ2v) is 16.6. The van der Waals surface area contributed by atoms with Gasteiger partial charge < -0.3 is 33.9 Å². The van der Waals surface area contributed by atoms with Crippen molar-refractivity contribution in [3.05, 3.63) is 74.5 Å². The van der Waals surface area contributed by atoms with Crippen LogP contribution in [-0.2, 0) is 23.2 Å². The van der Waals surface area contributed by atoms with Crippen LogP contribution in [0.15, 0.2) is 47.4 Å². The molecule has 15 nitrogen and oxygen atoms in total. The molecule has 3 aliphatic heterocycles. The lowest BCUT2D eigenvalue weighted by molar-refractivity contribution is -0.136. The first-order valence-electron chi connectivity index (χ1n) is 19.9. The molecule has 2 fully saturated rings. The van der Waals surface area contributed by atoms with E-state index in [-0.39, 0.29) is 41.5 Å². The molecule has 5 heterocycles. The van der Waals surface area contributed by atoms with Gasteiger partial charge in [-0.05, 0) is 95.1 Å². The van der Waals surface area contributed by atoms with Crippen molar-refractivity contribution in [1.29, 1.82) is 0 Å². The molecule has 0 aliphatic carbocycles. The van der Waals surface area contributed by atoms with E-state index in [0.717, 1.165) is 78.0 Å². The number of ether oxygens (including phenoxy) is 3. The Morgan fingerprint density at radius 2 is 1.64 bits per heavy atom. The second-order valence-electron chi connectivity index (χ2n) is 15.5. The topological polar surface area (TPSA) is 169 Å². The number of rotatable bonds is 15. The molecule has 1 unspecified atom stereocenters. The maximum atomic E-state index is 13.6. The highest BCUT2D eigenvalue weighted by Gasteiger charge is 2.46. The number of likely N-dealkylation sites (tertiary alicyclic amines) is 1. The number of amides is 5. The van der Waals surface area contributed by atoms with Crippen LogP contribution in [0.2, 0.25) is 0 Å². The Balaban J connectivity index is 0.893. The van der Waals surface area contributed by atoms with Gasteiger partial charge in [-0.1, -0.05) is 6.07 Å². The zero-order valence-corrected chi connectivity index (χ0v) is 34.9. The van der Waals surface area contributed by atoms with Gasteiger partial charge in [0, 0.05) is 55.6 Å². The lowest BCUT2D eigenvalue weighted by Crippen LogP contribution is -2.54. The Labute approximate surface area is 346 Å². The van der Waals surface area contributed by atoms with Gasteiger partial charge in [-0.15, -0.1) is 11.3 Å². The largest absolute Gasteiger partial charge is 0.496 e. The van der Waals surface area contributed by atoms with Gasteiger partial charge in [0.2, 0.25) is 11.8 Å². The summed E-state index contributed by atoms with van der Waals surface area (Å²) in [5.41, 5.74) is 2.73. The van der Waals surface area contributed by atoms with Crippen LogP contribution in [-0.4, -0.2) is 115 Å². The third-order valence-corrected chi connectivity index (χ3v) is 12.4. The van der Waals surface area contributed by atoms with Crippen molar-refractivity contribution in [2.75, 3.05) is 54.6 Å². The van der Waals surface area contributed by atoms with E-state index in [1.54, 1.807) is 56.3 Å². The Morgan fingerprint density at radius 3 is 2.32 bits per heavy atom. The number of unbranched alkanes of at least 4 members (excludes halogenated alkanes) is 2. The number of thiophene rings is 1. The first kappa shape index (κ1) is 41.6. The van der Waals surface area contributed by atoms with Crippen LogP contribution in [0.1, 0.15) is 80.9 Å². The van der Waals surface area contributed by atoms with Crippen LogP contribution in [0.4, 0.5) is 0 Å². The number of fused-ring (bicyclic) bond motifs is 2. The zero-order chi connectivity index (χ0) is 42.0. The first-order chi connectivity index (χ1) is 28.4. The number of aromatic nitrogens is 1. The monoisotopic (exact) mass is 826 g/mol. The summed E-state index contributed by atoms with van der Waals surface area (Å²) >= 11 is 1.31. The Morgan fingerprint density at radius 1 is 0.915 bits per heavy atom. The second kappa shape index (κ2) is 17.7. The Kier molecular flexibility index (Phi) is 12.5. The van der Waals surface area contributed by atoms with Gasteiger partial charge in [0.05, 0.1) is 47.8 Å². The van der Waals surface area contributed by atoms with E-state index in [9.17, 15) is 28.8 Å². The molecule has 7 rings (SSSR count). The van der Waals surface area contributed by atoms with Crippen LogP contribution >= 0.6 is 11.3 Å². The number of benzene rings is 2. The van der Waals surface area contributed by atoms with Gasteiger partial charge in [0.1, 0.15) is 23.3 Å². The number of nitrogens with zero attached hydrogens (tertiary/aromatic N) is 4. The van der Waals surface area contributed by atoms with Crippen LogP contribution < -0.4 is 30.4 Å². The van der Waals surface area contributed by atoms with Crippen molar-refractivity contribution in [1.82, 2.24) is 29.9 Å². The van der Waals surface area contributed by atoms with E-state index in [1.165, 1.54) is 11.3 Å². The average Bonchev–Trinajstić information content (AvgIpc) is 3.78. The van der Waals surface area contributed by atoms with Crippen molar-refractivity contribution in [3.8, 4) is 28.4 Å². The predicted octanol–water partition coefficient (Wildman–Crippen LogP) is 4.19. The van der Waals surface area contributed by atoms with Gasteiger partial charge in [-0.2, -0.15) is 0 Å². The number of methoxy groups -OCH3 is 2. The lowest BCUT2D eigenvalue weighted by atomic mass is 10.0. The number of aryl methyl sites for hydroxylation is 1. The molecule has 312 valence electrons. The molecule has 59 heavy (non-hydrogen) atoms. The number of piperidine rings is 2. The lowest BCUT2D eigenvalue weighted by Gasteiger charge is -2.32. The van der Waals surface area contributed by atoms with E-state index in [0.29, 0.717) is 40.7 Å². The van der Waals surface area contributed by atoms with Gasteiger partial charge in [0.25, 0.3) is 23.3 Å². The van der Waals surface area contributed by atoms with Gasteiger partial charge >= 0.3 is 0 Å². The highest BCUT2D eigenvalue weighted by molar-refractivity contribution is 7.21. The first-order valence-corrected chi connectivity index (χ1v) is 20.7. The number of carbonyl (C=O) groups excluding carboxylic acids is 5. The molecule has 5 amide bonds. The van der Waals surface area contributed by atoms with E-state index in [4.69, 9.17) is 14.2 Å². The molecule has 2 saturated heterocycles. The van der Waals surface area contributed by atoms with Crippen LogP contribution in [0, 0.1) is 0 Å². The van der Waals surface area contributed by atoms with E-state index in [1.807, 2.05) is 31.1 Å². The van der Waals surface area contributed by atoms with Crippen molar-refractivity contribution < 1.29 is 38.2 Å². The van der Waals surface area contributed by atoms with E-state index < -0.39 is 29.7 Å². The van der Waals surface area contributed by atoms with Crippen LogP contribution in [0.3, 0.4) is 0 Å². The fraction of sp³-hybridized carbons (Fsp3) is 0.442. The molecular weight excluding hydrogens is 777 g/mol. The normalized spacial score (nSPS) is 17.5. The summed E-state index contributed by atoms with van der Waals surface area (Å²) in [7, 11) is 8.92. The molecule has 2 aromatic heterocycles. The zero-order valence-electron chi connectivity index (χ0n) is 34.1. The minimum atomic E-state index is -1.03. The van der Waals surface area contributed by atoms with Crippen molar-refractivity contribution in [2.24, 2.45) is 7.05 Å². The molecular formula is C43H50N6O9S. The Bertz CT molecular complexity index is 2340. The summed E-state index contributed by atoms with van der Waals surface area (Å²) in [6.45, 7) is 3.59. The summed E-state index contributed by atoms with van der Waals surface area (Å²) < 4.78 is 19.8. The molecule has 1 atom stereocenters. The maximum absolute atomic E-state index is 13.6. The van der Waals surface area contributed by atoms with Gasteiger partial charge in [-0.3, -0.25) is 39.0 Å². The predicted molar refractivity (Wildman–Crippen MR) is 222 cm³/mol. The van der Waals surface area contributed by atoms with Gasteiger partial charge in [0.15, 0.2) is 0 Å². The SMILES string of the molecule is COc1cc(-c2cn(C)c(=O)c3cc(C(=O)NC4CCN(CCCCCOc5cccc6c5C(=O)N(C5CCC(=O)NC5=O)C6=O)CC4)sc23)cc(OC)c1CN(C)C. The fourth-order valence-corrected chi connectivity index (χ4v) is 9.22. The quantitative estimate of drug-likeness (QED) is 0.130. The number of hydrogen-bond donors (Lipinski definition) is 2. The molecule has 16 heteroatoms. The van der Waals surface area contributed by atoms with E-state index in [2.05, 4.69) is 15.5 Å². The smallest absolute Gasteiger partial charge is 0.266 e. The molecule has 0 bridgehead atoms. The summed E-state index contributed by atoms with van der Waals surface area (Å²) in [6, 6.07) is 9.46. The highest BCUT2D eigenvalue weighted by atomic mass is 32.1. The van der Waals surface area contributed by atoms with Crippen molar-refractivity contribution >= 4 is 51.0 Å².